The van der Waals surface area contributed by atoms with E-state index in [0.29, 0.717) is 38.5 Å². The number of thiazole rings is 2. The summed E-state index contributed by atoms with van der Waals surface area (Å²) in [6, 6.07) is 10.3. The molecule has 0 spiro atoms. The van der Waals surface area contributed by atoms with Gasteiger partial charge in [0.25, 0.3) is 5.91 Å². The number of furan rings is 1. The molecular formula is C20H16FN3O2S2. The number of benzene rings is 1. The number of rotatable bonds is 5. The zero-order valence-electron chi connectivity index (χ0n) is 15.2. The van der Waals surface area contributed by atoms with Crippen molar-refractivity contribution in [3.8, 4) is 10.8 Å². The molecule has 5 nitrogen and oxygen atoms in total. The monoisotopic (exact) mass is 413 g/mol. The van der Waals surface area contributed by atoms with E-state index in [1.165, 1.54) is 28.7 Å². The van der Waals surface area contributed by atoms with Crippen LogP contribution in [0, 0.1) is 19.7 Å². The Labute approximate surface area is 168 Å². The summed E-state index contributed by atoms with van der Waals surface area (Å²) in [5.74, 6) is 0.920. The zero-order valence-corrected chi connectivity index (χ0v) is 16.8. The SMILES string of the molecule is Cc1ccc(-c2nc(C)c(C(=O)Nc3ncc(Cc4ccccc4F)s3)s2)o1. The first-order valence-corrected chi connectivity index (χ1v) is 10.2. The van der Waals surface area contributed by atoms with Crippen LogP contribution in [0.25, 0.3) is 10.8 Å². The van der Waals surface area contributed by atoms with Gasteiger partial charge < -0.3 is 4.42 Å². The van der Waals surface area contributed by atoms with Crippen molar-refractivity contribution in [2.45, 2.75) is 20.3 Å². The van der Waals surface area contributed by atoms with Crippen LogP contribution in [0.15, 0.2) is 47.0 Å². The molecule has 142 valence electrons. The maximum absolute atomic E-state index is 13.8. The highest BCUT2D eigenvalue weighted by Gasteiger charge is 2.19. The maximum atomic E-state index is 13.8. The molecule has 4 aromatic rings. The van der Waals surface area contributed by atoms with E-state index in [4.69, 9.17) is 4.42 Å². The summed E-state index contributed by atoms with van der Waals surface area (Å²) in [5.41, 5.74) is 1.23. The Bertz CT molecular complexity index is 1150. The van der Waals surface area contributed by atoms with Crippen molar-refractivity contribution in [1.29, 1.82) is 0 Å². The standard InChI is InChI=1S/C20H16FN3O2S2/c1-11-7-8-16(26-11)19-23-12(2)17(28-19)18(25)24-20-22-10-14(27-20)9-13-5-3-4-6-15(13)21/h3-8,10H,9H2,1-2H3,(H,22,24,25). The molecule has 0 aliphatic rings. The summed E-state index contributed by atoms with van der Waals surface area (Å²) in [5, 5.41) is 3.94. The molecular weight excluding hydrogens is 397 g/mol. The molecule has 0 saturated carbocycles. The third-order valence-corrected chi connectivity index (χ3v) is 6.13. The first-order chi connectivity index (χ1) is 13.5. The van der Waals surface area contributed by atoms with E-state index >= 15 is 0 Å². The molecule has 0 aliphatic carbocycles. The van der Waals surface area contributed by atoms with Gasteiger partial charge >= 0.3 is 0 Å². The molecule has 28 heavy (non-hydrogen) atoms. The van der Waals surface area contributed by atoms with Crippen LogP contribution in [0.5, 0.6) is 0 Å². The quantitative estimate of drug-likeness (QED) is 0.472. The largest absolute Gasteiger partial charge is 0.459 e. The third kappa shape index (κ3) is 3.88. The van der Waals surface area contributed by atoms with Gasteiger partial charge in [0.1, 0.15) is 16.5 Å². The molecule has 0 aliphatic heterocycles. The molecule has 3 aromatic heterocycles. The van der Waals surface area contributed by atoms with Crippen LogP contribution >= 0.6 is 22.7 Å². The fourth-order valence-corrected chi connectivity index (χ4v) is 4.45. The lowest BCUT2D eigenvalue weighted by Crippen LogP contribution is -2.11. The van der Waals surface area contributed by atoms with Crippen molar-refractivity contribution in [1.82, 2.24) is 9.97 Å². The second-order valence-corrected chi connectivity index (χ2v) is 8.31. The fraction of sp³-hybridized carbons (Fsp3) is 0.150. The van der Waals surface area contributed by atoms with Gasteiger partial charge in [-0.3, -0.25) is 10.1 Å². The van der Waals surface area contributed by atoms with Crippen LogP contribution in [0.3, 0.4) is 0 Å². The van der Waals surface area contributed by atoms with Gasteiger partial charge in [-0.2, -0.15) is 0 Å². The fourth-order valence-electron chi connectivity index (χ4n) is 2.69. The smallest absolute Gasteiger partial charge is 0.269 e. The second-order valence-electron chi connectivity index (χ2n) is 6.20. The number of nitrogens with zero attached hydrogens (tertiary/aromatic N) is 2. The van der Waals surface area contributed by atoms with Crippen LogP contribution in [0.4, 0.5) is 9.52 Å². The Balaban J connectivity index is 1.48. The Morgan fingerprint density at radius 1 is 1.18 bits per heavy atom. The van der Waals surface area contributed by atoms with Crippen LogP contribution in [0.1, 0.15) is 31.6 Å². The summed E-state index contributed by atoms with van der Waals surface area (Å²) in [6.45, 7) is 3.65. The van der Waals surface area contributed by atoms with Gasteiger partial charge in [0.2, 0.25) is 0 Å². The Kier molecular flexibility index (Phi) is 5.06. The van der Waals surface area contributed by atoms with Gasteiger partial charge in [0.15, 0.2) is 15.9 Å². The molecule has 1 N–H and O–H groups in total. The minimum atomic E-state index is -0.267. The average molecular weight is 413 g/mol. The number of aromatic nitrogens is 2. The lowest BCUT2D eigenvalue weighted by atomic mass is 10.1. The van der Waals surface area contributed by atoms with E-state index in [9.17, 15) is 9.18 Å². The third-order valence-electron chi connectivity index (χ3n) is 4.05. The minimum absolute atomic E-state index is 0.248. The average Bonchev–Trinajstić information content (AvgIpc) is 3.37. The van der Waals surface area contributed by atoms with Crippen LogP contribution in [0.2, 0.25) is 0 Å². The van der Waals surface area contributed by atoms with Gasteiger partial charge in [-0.25, -0.2) is 14.4 Å². The molecule has 0 atom stereocenters. The lowest BCUT2D eigenvalue weighted by molar-refractivity contribution is 0.103. The number of nitrogens with one attached hydrogen (secondary N) is 1. The predicted octanol–water partition coefficient (Wildman–Crippen LogP) is 5.46. The molecule has 3 heterocycles. The Hall–Kier alpha value is -2.84. The van der Waals surface area contributed by atoms with Crippen molar-refractivity contribution < 1.29 is 13.6 Å². The summed E-state index contributed by atoms with van der Waals surface area (Å²) in [6.07, 6.45) is 2.09. The molecule has 0 bridgehead atoms. The number of amides is 1. The predicted molar refractivity (Wildman–Crippen MR) is 109 cm³/mol. The van der Waals surface area contributed by atoms with Crippen LogP contribution in [-0.2, 0) is 6.42 Å². The highest BCUT2D eigenvalue weighted by atomic mass is 32.1. The summed E-state index contributed by atoms with van der Waals surface area (Å²) in [7, 11) is 0. The van der Waals surface area contributed by atoms with Gasteiger partial charge in [0.05, 0.1) is 5.69 Å². The number of carbonyl (C=O) groups excluding carboxylic acids is 1. The van der Waals surface area contributed by atoms with Crippen molar-refractivity contribution in [2.75, 3.05) is 5.32 Å². The van der Waals surface area contributed by atoms with Crippen molar-refractivity contribution in [3.63, 3.8) is 0 Å². The van der Waals surface area contributed by atoms with Gasteiger partial charge in [-0.1, -0.05) is 18.2 Å². The van der Waals surface area contributed by atoms with Gasteiger partial charge in [-0.05, 0) is 37.6 Å². The van der Waals surface area contributed by atoms with E-state index in [2.05, 4.69) is 15.3 Å². The van der Waals surface area contributed by atoms with Crippen LogP contribution in [-0.4, -0.2) is 15.9 Å². The normalized spacial score (nSPS) is 11.0. The number of hydrogen-bond donors (Lipinski definition) is 1. The topological polar surface area (TPSA) is 68.0 Å². The first-order valence-electron chi connectivity index (χ1n) is 8.53. The number of halogens is 1. The number of anilines is 1. The zero-order chi connectivity index (χ0) is 19.7. The highest BCUT2D eigenvalue weighted by Crippen LogP contribution is 2.30. The maximum Gasteiger partial charge on any atom is 0.269 e. The summed E-state index contributed by atoms with van der Waals surface area (Å²) >= 11 is 2.60. The van der Waals surface area contributed by atoms with E-state index in [0.717, 1.165) is 10.6 Å². The van der Waals surface area contributed by atoms with E-state index in [1.807, 2.05) is 19.1 Å². The molecule has 1 amide bonds. The molecule has 4 rings (SSSR count). The Morgan fingerprint density at radius 2 is 2.00 bits per heavy atom. The number of hydrogen-bond acceptors (Lipinski definition) is 6. The Morgan fingerprint density at radius 3 is 2.75 bits per heavy atom. The molecule has 0 unspecified atom stereocenters. The van der Waals surface area contributed by atoms with Gasteiger partial charge in [-0.15, -0.1) is 22.7 Å². The molecule has 0 radical (unpaired) electrons. The van der Waals surface area contributed by atoms with E-state index in [1.54, 1.807) is 31.3 Å². The highest BCUT2D eigenvalue weighted by molar-refractivity contribution is 7.17. The molecule has 1 aromatic carbocycles. The van der Waals surface area contributed by atoms with Crippen molar-refractivity contribution in [2.24, 2.45) is 0 Å². The second kappa shape index (κ2) is 7.65. The minimum Gasteiger partial charge on any atom is -0.459 e. The summed E-state index contributed by atoms with van der Waals surface area (Å²) < 4.78 is 19.4. The molecule has 0 fully saturated rings. The molecule has 8 heteroatoms. The van der Waals surface area contributed by atoms with E-state index in [-0.39, 0.29) is 11.7 Å². The summed E-state index contributed by atoms with van der Waals surface area (Å²) in [4.78, 5) is 22.7. The van der Waals surface area contributed by atoms with E-state index < -0.39 is 0 Å². The first kappa shape index (κ1) is 18.5. The number of carbonyl (C=O) groups is 1. The number of aryl methyl sites for hydroxylation is 2. The lowest BCUT2D eigenvalue weighted by Gasteiger charge is -2.00. The van der Waals surface area contributed by atoms with Gasteiger partial charge in [0, 0.05) is 17.5 Å². The van der Waals surface area contributed by atoms with Crippen molar-refractivity contribution in [3.05, 3.63) is 75.2 Å². The molecule has 0 saturated heterocycles. The van der Waals surface area contributed by atoms with Crippen LogP contribution < -0.4 is 5.32 Å². The van der Waals surface area contributed by atoms with Crippen molar-refractivity contribution >= 4 is 33.7 Å².